The summed E-state index contributed by atoms with van der Waals surface area (Å²) in [5.74, 6) is 1.51. The molecule has 0 spiro atoms. The largest absolute Gasteiger partial charge is 0.361 e. The highest BCUT2D eigenvalue weighted by Gasteiger charge is 2.29. The summed E-state index contributed by atoms with van der Waals surface area (Å²) in [5.41, 5.74) is 3.78. The van der Waals surface area contributed by atoms with Crippen LogP contribution in [0.3, 0.4) is 0 Å². The normalized spacial score (nSPS) is 19.0. The zero-order valence-corrected chi connectivity index (χ0v) is 14.2. The van der Waals surface area contributed by atoms with Crippen molar-refractivity contribution in [2.24, 2.45) is 0 Å². The summed E-state index contributed by atoms with van der Waals surface area (Å²) in [6, 6.07) is 1.93. The molecule has 1 aliphatic carbocycles. The van der Waals surface area contributed by atoms with E-state index in [1.54, 1.807) is 0 Å². The Hall–Kier alpha value is -2.15. The van der Waals surface area contributed by atoms with Gasteiger partial charge in [-0.15, -0.1) is 0 Å². The zero-order chi connectivity index (χ0) is 16.7. The summed E-state index contributed by atoms with van der Waals surface area (Å²) >= 11 is 0. The van der Waals surface area contributed by atoms with Gasteiger partial charge in [-0.1, -0.05) is 5.16 Å². The standard InChI is InChI=1S/C17H23N5O2/c1-11-14(12(2)24-20-11)10-21-5-7-22(8-6-21)17(23)16-9-15(18-19-16)13-3-4-13/h9,13H,3-8,10H2,1-2H3,(H,18,19). The number of aromatic amines is 1. The molecule has 1 saturated heterocycles. The number of H-pyrrole nitrogens is 1. The minimum Gasteiger partial charge on any atom is -0.361 e. The van der Waals surface area contributed by atoms with Crippen molar-refractivity contribution >= 4 is 5.91 Å². The second kappa shape index (κ2) is 6.05. The molecule has 2 aliphatic rings. The van der Waals surface area contributed by atoms with E-state index in [0.717, 1.165) is 55.4 Å². The first-order valence-electron chi connectivity index (χ1n) is 8.60. The smallest absolute Gasteiger partial charge is 0.274 e. The lowest BCUT2D eigenvalue weighted by Crippen LogP contribution is -2.48. The van der Waals surface area contributed by atoms with E-state index in [4.69, 9.17) is 4.52 Å². The summed E-state index contributed by atoms with van der Waals surface area (Å²) in [5, 5.41) is 11.2. The van der Waals surface area contributed by atoms with Gasteiger partial charge in [0.1, 0.15) is 11.5 Å². The third-order valence-electron chi connectivity index (χ3n) is 5.06. The van der Waals surface area contributed by atoms with Gasteiger partial charge in [0.25, 0.3) is 5.91 Å². The predicted octanol–water partition coefficient (Wildman–Crippen LogP) is 1.85. The molecule has 3 heterocycles. The van der Waals surface area contributed by atoms with Crippen LogP contribution in [0, 0.1) is 13.8 Å². The quantitative estimate of drug-likeness (QED) is 0.926. The van der Waals surface area contributed by atoms with Gasteiger partial charge >= 0.3 is 0 Å². The molecule has 0 aromatic carbocycles. The highest BCUT2D eigenvalue weighted by Crippen LogP contribution is 2.39. The van der Waals surface area contributed by atoms with Gasteiger partial charge in [-0.3, -0.25) is 14.8 Å². The lowest BCUT2D eigenvalue weighted by molar-refractivity contribution is 0.0622. The van der Waals surface area contributed by atoms with Crippen molar-refractivity contribution in [3.05, 3.63) is 34.5 Å². The van der Waals surface area contributed by atoms with Gasteiger partial charge in [0.2, 0.25) is 0 Å². The first-order valence-corrected chi connectivity index (χ1v) is 8.60. The molecule has 0 bridgehead atoms. The number of amides is 1. The Kier molecular flexibility index (Phi) is 3.88. The van der Waals surface area contributed by atoms with Crippen molar-refractivity contribution in [1.82, 2.24) is 25.2 Å². The Balaban J connectivity index is 1.34. The van der Waals surface area contributed by atoms with Gasteiger partial charge in [-0.05, 0) is 32.8 Å². The van der Waals surface area contributed by atoms with Crippen molar-refractivity contribution in [1.29, 1.82) is 0 Å². The third-order valence-corrected chi connectivity index (χ3v) is 5.06. The Morgan fingerprint density at radius 1 is 1.29 bits per heavy atom. The monoisotopic (exact) mass is 329 g/mol. The number of aromatic nitrogens is 3. The molecule has 0 atom stereocenters. The van der Waals surface area contributed by atoms with E-state index in [-0.39, 0.29) is 5.91 Å². The van der Waals surface area contributed by atoms with Gasteiger partial charge < -0.3 is 9.42 Å². The van der Waals surface area contributed by atoms with Crippen molar-refractivity contribution in [3.63, 3.8) is 0 Å². The minimum absolute atomic E-state index is 0.0372. The molecule has 2 aromatic heterocycles. The maximum absolute atomic E-state index is 12.6. The van der Waals surface area contributed by atoms with E-state index in [1.807, 2.05) is 24.8 Å². The lowest BCUT2D eigenvalue weighted by Gasteiger charge is -2.34. The molecule has 1 amide bonds. The number of hydrogen-bond acceptors (Lipinski definition) is 5. The maximum Gasteiger partial charge on any atom is 0.274 e. The summed E-state index contributed by atoms with van der Waals surface area (Å²) in [7, 11) is 0. The van der Waals surface area contributed by atoms with Gasteiger partial charge in [0, 0.05) is 49.9 Å². The van der Waals surface area contributed by atoms with Crippen LogP contribution < -0.4 is 0 Å². The van der Waals surface area contributed by atoms with Crippen LogP contribution in [-0.4, -0.2) is 57.2 Å². The average molecular weight is 329 g/mol. The maximum atomic E-state index is 12.6. The third kappa shape index (κ3) is 2.96. The number of nitrogens with zero attached hydrogens (tertiary/aromatic N) is 4. The number of nitrogens with one attached hydrogen (secondary N) is 1. The van der Waals surface area contributed by atoms with E-state index < -0.39 is 0 Å². The average Bonchev–Trinajstić information content (AvgIpc) is 3.25. The second-order valence-electron chi connectivity index (χ2n) is 6.85. The topological polar surface area (TPSA) is 78.3 Å². The molecule has 7 heteroatoms. The molecule has 7 nitrogen and oxygen atoms in total. The summed E-state index contributed by atoms with van der Waals surface area (Å²) in [4.78, 5) is 16.8. The van der Waals surface area contributed by atoms with Crippen LogP contribution in [0.1, 0.15) is 52.0 Å². The lowest BCUT2D eigenvalue weighted by atomic mass is 10.1. The molecule has 1 N–H and O–H groups in total. The van der Waals surface area contributed by atoms with Crippen LogP contribution in [-0.2, 0) is 6.54 Å². The van der Waals surface area contributed by atoms with E-state index in [2.05, 4.69) is 20.3 Å². The van der Waals surface area contributed by atoms with Gasteiger partial charge in [0.05, 0.1) is 5.69 Å². The molecule has 2 fully saturated rings. The molecular formula is C17H23N5O2. The molecule has 24 heavy (non-hydrogen) atoms. The van der Waals surface area contributed by atoms with Crippen LogP contribution in [0.2, 0.25) is 0 Å². The highest BCUT2D eigenvalue weighted by atomic mass is 16.5. The Labute approximate surface area is 141 Å². The fourth-order valence-electron chi connectivity index (χ4n) is 3.27. The van der Waals surface area contributed by atoms with Gasteiger partial charge in [-0.2, -0.15) is 5.10 Å². The fourth-order valence-corrected chi connectivity index (χ4v) is 3.27. The number of carbonyl (C=O) groups excluding carboxylic acids is 1. The van der Waals surface area contributed by atoms with Crippen molar-refractivity contribution < 1.29 is 9.32 Å². The van der Waals surface area contributed by atoms with Crippen LogP contribution in [0.4, 0.5) is 0 Å². The molecule has 0 radical (unpaired) electrons. The van der Waals surface area contributed by atoms with Gasteiger partial charge in [-0.25, -0.2) is 0 Å². The molecular weight excluding hydrogens is 306 g/mol. The Bertz CT molecular complexity index is 718. The summed E-state index contributed by atoms with van der Waals surface area (Å²) in [6.07, 6.45) is 2.41. The van der Waals surface area contributed by atoms with Crippen LogP contribution in [0.25, 0.3) is 0 Å². The molecule has 1 saturated carbocycles. The fraction of sp³-hybridized carbons (Fsp3) is 0.588. The predicted molar refractivity (Wildman–Crippen MR) is 87.7 cm³/mol. The van der Waals surface area contributed by atoms with Crippen molar-refractivity contribution in [2.45, 2.75) is 39.2 Å². The zero-order valence-electron chi connectivity index (χ0n) is 14.2. The summed E-state index contributed by atoms with van der Waals surface area (Å²) in [6.45, 7) is 7.93. The molecule has 2 aromatic rings. The van der Waals surface area contributed by atoms with Crippen molar-refractivity contribution in [2.75, 3.05) is 26.2 Å². The molecule has 128 valence electrons. The first kappa shape index (κ1) is 15.4. The van der Waals surface area contributed by atoms with E-state index in [1.165, 1.54) is 12.8 Å². The van der Waals surface area contributed by atoms with E-state index in [9.17, 15) is 4.79 Å². The Morgan fingerprint density at radius 2 is 2.04 bits per heavy atom. The number of piperazine rings is 1. The molecule has 4 rings (SSSR count). The van der Waals surface area contributed by atoms with Crippen molar-refractivity contribution in [3.8, 4) is 0 Å². The molecule has 1 aliphatic heterocycles. The van der Waals surface area contributed by atoms with Crippen LogP contribution in [0.15, 0.2) is 10.6 Å². The number of hydrogen-bond donors (Lipinski definition) is 1. The first-order chi connectivity index (χ1) is 11.6. The Morgan fingerprint density at radius 3 is 2.67 bits per heavy atom. The minimum atomic E-state index is 0.0372. The molecule has 0 unspecified atom stereocenters. The van der Waals surface area contributed by atoms with Crippen LogP contribution >= 0.6 is 0 Å². The second-order valence-corrected chi connectivity index (χ2v) is 6.85. The van der Waals surface area contributed by atoms with Gasteiger partial charge in [0.15, 0.2) is 0 Å². The van der Waals surface area contributed by atoms with E-state index >= 15 is 0 Å². The number of aryl methyl sites for hydroxylation is 2. The SMILES string of the molecule is Cc1noc(C)c1CN1CCN(C(=O)c2cc(C3CC3)[nH]n2)CC1. The summed E-state index contributed by atoms with van der Waals surface area (Å²) < 4.78 is 5.23. The number of rotatable bonds is 4. The van der Waals surface area contributed by atoms with E-state index in [0.29, 0.717) is 11.6 Å². The van der Waals surface area contributed by atoms with Crippen LogP contribution in [0.5, 0.6) is 0 Å². The number of carbonyl (C=O) groups is 1. The highest BCUT2D eigenvalue weighted by molar-refractivity contribution is 5.92.